The van der Waals surface area contributed by atoms with Crippen molar-refractivity contribution in [2.75, 3.05) is 25.1 Å². The number of aryl methyl sites for hydroxylation is 2. The Labute approximate surface area is 206 Å². The van der Waals surface area contributed by atoms with Gasteiger partial charge in [0.1, 0.15) is 12.4 Å². The van der Waals surface area contributed by atoms with Gasteiger partial charge in [-0.15, -0.1) is 0 Å². The normalized spacial score (nSPS) is 17.0. The van der Waals surface area contributed by atoms with Crippen molar-refractivity contribution < 1.29 is 13.2 Å². The lowest BCUT2D eigenvalue weighted by atomic mass is 9.95. The Morgan fingerprint density at radius 2 is 1.86 bits per heavy atom. The number of likely N-dealkylation sites (N-methyl/N-ethyl adjacent to an activating group) is 1. The summed E-state index contributed by atoms with van der Waals surface area (Å²) in [5, 5.41) is 0.911. The van der Waals surface area contributed by atoms with Crippen LogP contribution in [0.25, 0.3) is 10.9 Å². The molecule has 0 amide bonds. The summed E-state index contributed by atoms with van der Waals surface area (Å²) < 4.78 is 35.4. The summed E-state index contributed by atoms with van der Waals surface area (Å²) >= 11 is 0. The number of hydrogen-bond donors (Lipinski definition) is 1. The largest absolute Gasteiger partial charge is 0.490 e. The highest BCUT2D eigenvalue weighted by atomic mass is 32.2. The molecule has 0 saturated heterocycles. The van der Waals surface area contributed by atoms with Gasteiger partial charge in [0.25, 0.3) is 5.56 Å². The molecule has 0 radical (unpaired) electrons. The predicted molar refractivity (Wildman–Crippen MR) is 139 cm³/mol. The number of ether oxygens (including phenoxy) is 1. The summed E-state index contributed by atoms with van der Waals surface area (Å²) in [6.45, 7) is 5.32. The Hall–Kier alpha value is -2.84. The first-order chi connectivity index (χ1) is 16.8. The number of H-pyrrole nitrogens is 1. The first kappa shape index (κ1) is 23.9. The maximum atomic E-state index is 14.0. The fourth-order valence-electron chi connectivity index (χ4n) is 5.27. The van der Waals surface area contributed by atoms with Crippen molar-refractivity contribution in [3.63, 3.8) is 0 Å². The molecule has 1 fully saturated rings. The van der Waals surface area contributed by atoms with E-state index in [1.165, 1.54) is 0 Å². The lowest BCUT2D eigenvalue weighted by Gasteiger charge is -2.34. The van der Waals surface area contributed by atoms with E-state index in [1.54, 1.807) is 16.4 Å². The van der Waals surface area contributed by atoms with Crippen LogP contribution in [0.1, 0.15) is 48.8 Å². The van der Waals surface area contributed by atoms with Crippen molar-refractivity contribution in [1.29, 1.82) is 0 Å². The third kappa shape index (κ3) is 4.45. The molecule has 0 atom stereocenters. The average Bonchev–Trinajstić information content (AvgIpc) is 2.86. The second-order valence-corrected chi connectivity index (χ2v) is 11.7. The van der Waals surface area contributed by atoms with Gasteiger partial charge in [-0.3, -0.25) is 4.79 Å². The molecular weight excluding hydrogens is 462 g/mol. The van der Waals surface area contributed by atoms with Crippen molar-refractivity contribution in [3.8, 4) is 5.75 Å². The third-order valence-electron chi connectivity index (χ3n) is 7.57. The number of rotatable bonds is 5. The van der Waals surface area contributed by atoms with E-state index in [2.05, 4.69) is 9.88 Å². The smallest absolute Gasteiger partial charge is 0.252 e. The molecule has 2 aromatic carbocycles. The number of hydrogen-bond acceptors (Lipinski definition) is 5. The number of sulfonamides is 1. The van der Waals surface area contributed by atoms with Crippen molar-refractivity contribution >= 4 is 26.6 Å². The average molecular weight is 496 g/mol. The monoisotopic (exact) mass is 495 g/mol. The number of nitrogens with zero attached hydrogens (tertiary/aromatic N) is 2. The molecule has 1 N–H and O–H groups in total. The molecular formula is C27H33N3O4S. The van der Waals surface area contributed by atoms with Crippen LogP contribution in [0.5, 0.6) is 5.75 Å². The SMILES string of the molecule is Cc1ccc2cc(CN(C3CCCCC3)S(=O)(=O)c3ccc4c(c3)OCCN4C)c(=O)[nH]c2c1C. The van der Waals surface area contributed by atoms with Gasteiger partial charge in [-0.2, -0.15) is 4.31 Å². The second kappa shape index (κ2) is 9.32. The molecule has 35 heavy (non-hydrogen) atoms. The van der Waals surface area contributed by atoms with E-state index < -0.39 is 10.0 Å². The molecule has 7 nitrogen and oxygen atoms in total. The quantitative estimate of drug-likeness (QED) is 0.564. The van der Waals surface area contributed by atoms with Crippen LogP contribution in [0.3, 0.4) is 0 Å². The minimum atomic E-state index is -3.85. The number of nitrogens with one attached hydrogen (secondary N) is 1. The van der Waals surface area contributed by atoms with Gasteiger partial charge in [0, 0.05) is 31.3 Å². The summed E-state index contributed by atoms with van der Waals surface area (Å²) in [4.78, 5) is 18.4. The van der Waals surface area contributed by atoms with Gasteiger partial charge in [-0.05, 0) is 61.4 Å². The van der Waals surface area contributed by atoms with E-state index in [4.69, 9.17) is 4.74 Å². The second-order valence-electron chi connectivity index (χ2n) is 9.84. The van der Waals surface area contributed by atoms with Crippen LogP contribution in [0.2, 0.25) is 0 Å². The van der Waals surface area contributed by atoms with Crippen molar-refractivity contribution in [1.82, 2.24) is 9.29 Å². The van der Waals surface area contributed by atoms with E-state index >= 15 is 0 Å². The van der Waals surface area contributed by atoms with Crippen LogP contribution >= 0.6 is 0 Å². The summed E-state index contributed by atoms with van der Waals surface area (Å²) in [6.07, 6.45) is 4.68. The highest BCUT2D eigenvalue weighted by Crippen LogP contribution is 2.36. The molecule has 2 heterocycles. The summed E-state index contributed by atoms with van der Waals surface area (Å²) in [5.41, 5.74) is 4.05. The van der Waals surface area contributed by atoms with Gasteiger partial charge in [-0.25, -0.2) is 8.42 Å². The number of aromatic amines is 1. The van der Waals surface area contributed by atoms with E-state index in [1.807, 2.05) is 45.2 Å². The summed E-state index contributed by atoms with van der Waals surface area (Å²) in [6, 6.07) is 10.8. The fraction of sp³-hybridized carbons (Fsp3) is 0.444. The lowest BCUT2D eigenvalue weighted by Crippen LogP contribution is -2.42. The molecule has 0 bridgehead atoms. The molecule has 186 valence electrons. The predicted octanol–water partition coefficient (Wildman–Crippen LogP) is 4.50. The van der Waals surface area contributed by atoms with Gasteiger partial charge in [0.05, 0.1) is 22.6 Å². The molecule has 1 aromatic heterocycles. The van der Waals surface area contributed by atoms with Crippen LogP contribution < -0.4 is 15.2 Å². The number of anilines is 1. The lowest BCUT2D eigenvalue weighted by molar-refractivity contribution is 0.247. The Morgan fingerprint density at radius 3 is 2.63 bits per heavy atom. The zero-order chi connectivity index (χ0) is 24.7. The van der Waals surface area contributed by atoms with E-state index in [0.29, 0.717) is 17.9 Å². The van der Waals surface area contributed by atoms with Crippen LogP contribution in [0.4, 0.5) is 5.69 Å². The van der Waals surface area contributed by atoms with E-state index in [9.17, 15) is 13.2 Å². The number of fused-ring (bicyclic) bond motifs is 2. The van der Waals surface area contributed by atoms with Crippen molar-refractivity contribution in [2.45, 2.75) is 63.4 Å². The highest BCUT2D eigenvalue weighted by molar-refractivity contribution is 7.89. The van der Waals surface area contributed by atoms with Crippen molar-refractivity contribution in [2.24, 2.45) is 0 Å². The van der Waals surface area contributed by atoms with Crippen LogP contribution in [0.15, 0.2) is 46.1 Å². The first-order valence-corrected chi connectivity index (χ1v) is 13.8. The molecule has 1 aliphatic carbocycles. The number of pyridine rings is 1. The number of aromatic nitrogens is 1. The van der Waals surface area contributed by atoms with E-state index in [-0.39, 0.29) is 23.0 Å². The summed E-state index contributed by atoms with van der Waals surface area (Å²) in [5.74, 6) is 0.581. The number of benzene rings is 2. The maximum absolute atomic E-state index is 14.0. The molecule has 5 rings (SSSR count). The van der Waals surface area contributed by atoms with Gasteiger partial charge in [-0.1, -0.05) is 31.4 Å². The maximum Gasteiger partial charge on any atom is 0.252 e. The Balaban J connectivity index is 1.56. The molecule has 2 aliphatic rings. The highest BCUT2D eigenvalue weighted by Gasteiger charge is 2.34. The molecule has 8 heteroatoms. The van der Waals surface area contributed by atoms with Gasteiger partial charge in [0.15, 0.2) is 0 Å². The minimum Gasteiger partial charge on any atom is -0.490 e. The van der Waals surface area contributed by atoms with Crippen molar-refractivity contribution in [3.05, 3.63) is 63.4 Å². The topological polar surface area (TPSA) is 82.7 Å². The standard InChI is InChI=1S/C27H33N3O4S/c1-18-9-10-20-15-21(27(31)28-26(20)19(18)2)17-30(22-7-5-4-6-8-22)35(32,33)23-11-12-24-25(16-23)34-14-13-29(24)3/h9-12,15-16,22H,4-8,13-14,17H2,1-3H3,(H,28,31). The van der Waals surface area contributed by atoms with Crippen LogP contribution in [-0.2, 0) is 16.6 Å². The molecule has 0 spiro atoms. The molecule has 3 aromatic rings. The van der Waals surface area contributed by atoms with Gasteiger partial charge in [0.2, 0.25) is 10.0 Å². The van der Waals surface area contributed by atoms with Gasteiger partial charge >= 0.3 is 0 Å². The van der Waals surface area contributed by atoms with Crippen LogP contribution in [-0.4, -0.2) is 43.9 Å². The molecule has 0 unspecified atom stereocenters. The minimum absolute atomic E-state index is 0.0447. The van der Waals surface area contributed by atoms with Crippen LogP contribution in [0, 0.1) is 13.8 Å². The molecule has 1 aliphatic heterocycles. The van der Waals surface area contributed by atoms with Gasteiger partial charge < -0.3 is 14.6 Å². The Bertz CT molecular complexity index is 1420. The zero-order valence-electron chi connectivity index (χ0n) is 20.6. The summed E-state index contributed by atoms with van der Waals surface area (Å²) in [7, 11) is -1.88. The Kier molecular flexibility index (Phi) is 6.36. The molecule has 1 saturated carbocycles. The Morgan fingerprint density at radius 1 is 1.09 bits per heavy atom. The first-order valence-electron chi connectivity index (χ1n) is 12.4. The van der Waals surface area contributed by atoms with E-state index in [0.717, 1.165) is 66.4 Å². The fourth-order valence-corrected chi connectivity index (χ4v) is 6.95. The third-order valence-corrected chi connectivity index (χ3v) is 9.46. The zero-order valence-corrected chi connectivity index (χ0v) is 21.5.